The lowest BCUT2D eigenvalue weighted by atomic mass is 9.79. The Morgan fingerprint density at radius 2 is 1.27 bits per heavy atom. The summed E-state index contributed by atoms with van der Waals surface area (Å²) in [6.07, 6.45) is 4.29. The van der Waals surface area contributed by atoms with Crippen molar-refractivity contribution in [2.75, 3.05) is 0 Å². The third kappa shape index (κ3) is 3.02. The number of hydrogen-bond acceptors (Lipinski definition) is 2. The van der Waals surface area contributed by atoms with Crippen LogP contribution in [0.15, 0.2) is 48.5 Å². The molecule has 2 aromatic rings. The molecule has 0 radical (unpaired) electrons. The normalized spacial score (nSPS) is 20.8. The van der Waals surface area contributed by atoms with Crippen LogP contribution in [-0.2, 0) is 0 Å². The van der Waals surface area contributed by atoms with E-state index in [-0.39, 0.29) is 5.92 Å². The van der Waals surface area contributed by atoms with Gasteiger partial charge in [0.1, 0.15) is 0 Å². The fraction of sp³-hybridized carbons (Fsp3) is 0.300. The maximum absolute atomic E-state index is 8.98. The third-order valence-corrected chi connectivity index (χ3v) is 4.64. The van der Waals surface area contributed by atoms with Crippen LogP contribution in [0.5, 0.6) is 0 Å². The van der Waals surface area contributed by atoms with Gasteiger partial charge in [0, 0.05) is 5.92 Å². The Bertz CT molecular complexity index is 706. The van der Waals surface area contributed by atoms with Gasteiger partial charge >= 0.3 is 0 Å². The molecule has 0 atom stereocenters. The Labute approximate surface area is 131 Å². The highest BCUT2D eigenvalue weighted by Gasteiger charge is 2.21. The molecule has 0 N–H and O–H groups in total. The van der Waals surface area contributed by atoms with Crippen LogP contribution in [0.4, 0.5) is 0 Å². The molecular formula is C20H18N2. The summed E-state index contributed by atoms with van der Waals surface area (Å²) in [6, 6.07) is 21.0. The average molecular weight is 286 g/mol. The van der Waals surface area contributed by atoms with E-state index in [9.17, 15) is 0 Å². The molecule has 2 aromatic carbocycles. The first-order chi connectivity index (χ1) is 10.8. The summed E-state index contributed by atoms with van der Waals surface area (Å²) < 4.78 is 0. The molecule has 2 heteroatoms. The van der Waals surface area contributed by atoms with Gasteiger partial charge in [0.15, 0.2) is 0 Å². The third-order valence-electron chi connectivity index (χ3n) is 4.64. The highest BCUT2D eigenvalue weighted by atomic mass is 14.3. The van der Waals surface area contributed by atoms with E-state index in [2.05, 4.69) is 36.4 Å². The molecule has 0 saturated heterocycles. The summed E-state index contributed by atoms with van der Waals surface area (Å²) in [5, 5.41) is 17.8. The fourth-order valence-electron chi connectivity index (χ4n) is 3.24. The number of rotatable bonds is 2. The van der Waals surface area contributed by atoms with Crippen molar-refractivity contribution >= 4 is 0 Å². The van der Waals surface area contributed by atoms with Crippen LogP contribution in [0.2, 0.25) is 0 Å². The first kappa shape index (κ1) is 14.4. The molecule has 1 aliphatic carbocycles. The standard InChI is InChI=1S/C20H18N2/c21-13-15-1-5-17(6-2-15)19-9-11-20(12-10-19)18-7-3-16(14-22)4-8-18/h1-2,5-6,9-12,16,18H,3-4,7-8H2. The number of hydrogen-bond donors (Lipinski definition) is 0. The van der Waals surface area contributed by atoms with E-state index in [0.29, 0.717) is 11.5 Å². The van der Waals surface area contributed by atoms with Crippen LogP contribution >= 0.6 is 0 Å². The van der Waals surface area contributed by atoms with Crippen LogP contribution in [0.1, 0.15) is 42.7 Å². The van der Waals surface area contributed by atoms with Crippen molar-refractivity contribution in [3.05, 3.63) is 59.7 Å². The topological polar surface area (TPSA) is 47.6 Å². The smallest absolute Gasteiger partial charge is 0.0991 e. The van der Waals surface area contributed by atoms with Crippen molar-refractivity contribution in [1.29, 1.82) is 10.5 Å². The second-order valence-electron chi connectivity index (χ2n) is 5.99. The molecule has 0 unspecified atom stereocenters. The zero-order chi connectivity index (χ0) is 15.4. The lowest BCUT2D eigenvalue weighted by Gasteiger charge is -2.25. The molecule has 1 fully saturated rings. The minimum absolute atomic E-state index is 0.258. The molecule has 1 saturated carbocycles. The lowest BCUT2D eigenvalue weighted by Crippen LogP contribution is -2.11. The molecule has 0 bridgehead atoms. The molecular weight excluding hydrogens is 268 g/mol. The van der Waals surface area contributed by atoms with Gasteiger partial charge in [0.25, 0.3) is 0 Å². The number of nitriles is 2. The van der Waals surface area contributed by atoms with E-state index in [1.807, 2.05) is 24.3 Å². The zero-order valence-corrected chi connectivity index (χ0v) is 12.5. The van der Waals surface area contributed by atoms with E-state index < -0.39 is 0 Å². The fourth-order valence-corrected chi connectivity index (χ4v) is 3.24. The molecule has 0 amide bonds. The van der Waals surface area contributed by atoms with Gasteiger partial charge in [-0.2, -0.15) is 10.5 Å². The van der Waals surface area contributed by atoms with Crippen molar-refractivity contribution in [2.24, 2.45) is 5.92 Å². The van der Waals surface area contributed by atoms with Crippen molar-refractivity contribution in [2.45, 2.75) is 31.6 Å². The highest BCUT2D eigenvalue weighted by Crippen LogP contribution is 2.36. The van der Waals surface area contributed by atoms with E-state index in [1.165, 1.54) is 11.1 Å². The highest BCUT2D eigenvalue weighted by molar-refractivity contribution is 5.64. The van der Waals surface area contributed by atoms with Crippen LogP contribution in [0.25, 0.3) is 11.1 Å². The number of benzene rings is 2. The van der Waals surface area contributed by atoms with E-state index in [1.54, 1.807) is 0 Å². The van der Waals surface area contributed by atoms with Gasteiger partial charge in [-0.3, -0.25) is 0 Å². The SMILES string of the molecule is N#Cc1ccc(-c2ccc(C3CCC(C#N)CC3)cc2)cc1. The lowest BCUT2D eigenvalue weighted by molar-refractivity contribution is 0.382. The first-order valence-electron chi connectivity index (χ1n) is 7.80. The summed E-state index contributed by atoms with van der Waals surface area (Å²) in [4.78, 5) is 0. The predicted octanol–water partition coefficient (Wildman–Crippen LogP) is 5.02. The van der Waals surface area contributed by atoms with Crippen molar-refractivity contribution in [3.8, 4) is 23.3 Å². The van der Waals surface area contributed by atoms with Crippen LogP contribution in [-0.4, -0.2) is 0 Å². The molecule has 22 heavy (non-hydrogen) atoms. The van der Waals surface area contributed by atoms with Gasteiger partial charge in [0.05, 0.1) is 17.7 Å². The second-order valence-corrected chi connectivity index (χ2v) is 5.99. The van der Waals surface area contributed by atoms with Crippen molar-refractivity contribution in [1.82, 2.24) is 0 Å². The Balaban J connectivity index is 1.73. The Kier molecular flexibility index (Phi) is 4.22. The van der Waals surface area contributed by atoms with E-state index in [4.69, 9.17) is 10.5 Å². The van der Waals surface area contributed by atoms with E-state index in [0.717, 1.165) is 31.2 Å². The predicted molar refractivity (Wildman–Crippen MR) is 86.9 cm³/mol. The number of nitrogens with zero attached hydrogens (tertiary/aromatic N) is 2. The maximum atomic E-state index is 8.98. The monoisotopic (exact) mass is 286 g/mol. The molecule has 108 valence electrons. The minimum Gasteiger partial charge on any atom is -0.198 e. The molecule has 0 spiro atoms. The molecule has 0 aliphatic heterocycles. The van der Waals surface area contributed by atoms with Gasteiger partial charge in [0.2, 0.25) is 0 Å². The molecule has 2 nitrogen and oxygen atoms in total. The summed E-state index contributed by atoms with van der Waals surface area (Å²) >= 11 is 0. The largest absolute Gasteiger partial charge is 0.198 e. The van der Waals surface area contributed by atoms with Gasteiger partial charge < -0.3 is 0 Å². The average Bonchev–Trinajstić information content (AvgIpc) is 2.62. The Morgan fingerprint density at radius 1 is 0.727 bits per heavy atom. The molecule has 1 aliphatic rings. The van der Waals surface area contributed by atoms with Crippen LogP contribution < -0.4 is 0 Å². The van der Waals surface area contributed by atoms with E-state index >= 15 is 0 Å². The van der Waals surface area contributed by atoms with Gasteiger partial charge in [-0.05, 0) is 60.4 Å². The molecule has 0 aromatic heterocycles. The first-order valence-corrected chi connectivity index (χ1v) is 7.80. The quantitative estimate of drug-likeness (QED) is 0.778. The Hall–Kier alpha value is -2.58. The minimum atomic E-state index is 0.258. The van der Waals surface area contributed by atoms with Crippen LogP contribution in [0.3, 0.4) is 0 Å². The summed E-state index contributed by atoms with van der Waals surface area (Å²) in [5.74, 6) is 0.855. The van der Waals surface area contributed by atoms with Crippen molar-refractivity contribution in [3.63, 3.8) is 0 Å². The summed E-state index contributed by atoms with van der Waals surface area (Å²) in [5.41, 5.74) is 4.39. The molecule has 3 rings (SSSR count). The van der Waals surface area contributed by atoms with Gasteiger partial charge in [-0.15, -0.1) is 0 Å². The Morgan fingerprint density at radius 3 is 1.77 bits per heavy atom. The summed E-state index contributed by atoms with van der Waals surface area (Å²) in [6.45, 7) is 0. The maximum Gasteiger partial charge on any atom is 0.0991 e. The van der Waals surface area contributed by atoms with Gasteiger partial charge in [-0.1, -0.05) is 36.4 Å². The zero-order valence-electron chi connectivity index (χ0n) is 12.5. The van der Waals surface area contributed by atoms with Crippen molar-refractivity contribution < 1.29 is 0 Å². The molecule has 0 heterocycles. The summed E-state index contributed by atoms with van der Waals surface area (Å²) in [7, 11) is 0. The second kappa shape index (κ2) is 6.46. The van der Waals surface area contributed by atoms with Crippen LogP contribution in [0, 0.1) is 28.6 Å². The van der Waals surface area contributed by atoms with Gasteiger partial charge in [-0.25, -0.2) is 0 Å².